The number of benzene rings is 2. The lowest BCUT2D eigenvalue weighted by atomic mass is 9.71. The number of rotatable bonds is 13. The Balaban J connectivity index is 1.18. The van der Waals surface area contributed by atoms with Gasteiger partial charge in [-0.25, -0.2) is 4.72 Å². The van der Waals surface area contributed by atoms with Gasteiger partial charge < -0.3 is 23.7 Å². The predicted octanol–water partition coefficient (Wildman–Crippen LogP) is 4.88. The second kappa shape index (κ2) is 14.2. The van der Waals surface area contributed by atoms with Gasteiger partial charge in [0.25, 0.3) is 5.91 Å². The molecule has 2 atom stereocenters. The van der Waals surface area contributed by atoms with E-state index in [0.717, 1.165) is 90.4 Å². The molecule has 8 rings (SSSR count). The van der Waals surface area contributed by atoms with Crippen molar-refractivity contribution in [2.45, 2.75) is 64.3 Å². The summed E-state index contributed by atoms with van der Waals surface area (Å²) in [6, 6.07) is 13.7. The van der Waals surface area contributed by atoms with Crippen molar-refractivity contribution in [3.63, 3.8) is 0 Å². The fourth-order valence-corrected chi connectivity index (χ4v) is 10.6. The first kappa shape index (κ1) is 37.4. The first-order valence-electron chi connectivity index (χ1n) is 19.7. The molecule has 5 fully saturated rings. The maximum absolute atomic E-state index is 14.9. The van der Waals surface area contributed by atoms with Crippen LogP contribution in [-0.4, -0.2) is 119 Å². The van der Waals surface area contributed by atoms with Gasteiger partial charge in [0, 0.05) is 87.3 Å². The minimum atomic E-state index is -4.00. The summed E-state index contributed by atoms with van der Waals surface area (Å²) in [6.45, 7) is 9.42. The molecule has 3 saturated heterocycles. The van der Waals surface area contributed by atoms with E-state index in [2.05, 4.69) is 31.2 Å². The number of hydrogen-bond acceptors (Lipinski definition) is 8. The summed E-state index contributed by atoms with van der Waals surface area (Å²) < 4.78 is 48.2. The molecule has 2 saturated carbocycles. The van der Waals surface area contributed by atoms with Gasteiger partial charge in [0.05, 0.1) is 38.0 Å². The van der Waals surface area contributed by atoms with Crippen molar-refractivity contribution in [1.82, 2.24) is 23.4 Å². The standard InChI is InChI=1S/C41H55N5O7S/c1-5-52-20-19-44-23-40-25-45(26-41(40,24-44)28-53-27-40)38(48)39(17-18-39)22-46-34-21-31(37(47)42-54(49,50)43(2)3)13-16-33(34)35(29-9-7-6-8-10-29)36(46)30-11-14-32(51-4)15-12-30/h11-16,21,29H,5-10,17-20,22-28H2,1-4H3,(H,42,47). The summed E-state index contributed by atoms with van der Waals surface area (Å²) in [5.74, 6) is 0.610. The molecular formula is C41H55N5O7S. The Hall–Kier alpha value is -3.49. The highest BCUT2D eigenvalue weighted by Gasteiger charge is 2.68. The van der Waals surface area contributed by atoms with Crippen LogP contribution in [0.3, 0.4) is 0 Å². The van der Waals surface area contributed by atoms with Crippen LogP contribution >= 0.6 is 0 Å². The van der Waals surface area contributed by atoms with E-state index in [0.29, 0.717) is 52.0 Å². The Morgan fingerprint density at radius 2 is 1.65 bits per heavy atom. The van der Waals surface area contributed by atoms with Crippen LogP contribution in [0.2, 0.25) is 0 Å². The zero-order valence-electron chi connectivity index (χ0n) is 32.2. The number of nitrogens with zero attached hydrogens (tertiary/aromatic N) is 4. The lowest BCUT2D eigenvalue weighted by Gasteiger charge is -2.30. The summed E-state index contributed by atoms with van der Waals surface area (Å²) in [5.41, 5.74) is 3.75. The summed E-state index contributed by atoms with van der Waals surface area (Å²) in [7, 11) is 0.443. The van der Waals surface area contributed by atoms with Crippen LogP contribution in [0.5, 0.6) is 5.75 Å². The molecule has 13 heteroatoms. The molecule has 292 valence electrons. The topological polar surface area (TPSA) is 123 Å². The maximum Gasteiger partial charge on any atom is 0.303 e. The second-order valence-electron chi connectivity index (χ2n) is 16.8. The largest absolute Gasteiger partial charge is 0.497 e. The van der Waals surface area contributed by atoms with Crippen LogP contribution in [0.15, 0.2) is 42.5 Å². The van der Waals surface area contributed by atoms with Crippen LogP contribution in [0.1, 0.15) is 73.7 Å². The van der Waals surface area contributed by atoms with Gasteiger partial charge in [0.2, 0.25) is 5.91 Å². The average Bonchev–Trinajstić information content (AvgIpc) is 3.49. The predicted molar refractivity (Wildman–Crippen MR) is 207 cm³/mol. The molecule has 54 heavy (non-hydrogen) atoms. The molecule has 3 aromatic rings. The maximum atomic E-state index is 14.9. The van der Waals surface area contributed by atoms with Gasteiger partial charge in [-0.1, -0.05) is 25.3 Å². The van der Waals surface area contributed by atoms with Gasteiger partial charge in [-0.15, -0.1) is 0 Å². The number of nitrogens with one attached hydrogen (secondary N) is 1. The Bertz CT molecular complexity index is 2000. The number of likely N-dealkylation sites (tertiary alicyclic amines) is 2. The van der Waals surface area contributed by atoms with Gasteiger partial charge in [0.15, 0.2) is 0 Å². The van der Waals surface area contributed by atoms with E-state index in [9.17, 15) is 18.0 Å². The molecule has 0 radical (unpaired) electrons. The zero-order valence-corrected chi connectivity index (χ0v) is 33.0. The number of ether oxygens (including phenoxy) is 3. The van der Waals surface area contributed by atoms with E-state index < -0.39 is 21.5 Å². The number of carbonyl (C=O) groups excluding carboxylic acids is 2. The Kier molecular flexibility index (Phi) is 9.86. The molecule has 1 aromatic heterocycles. The third-order valence-corrected chi connectivity index (χ3v) is 14.6. The summed E-state index contributed by atoms with van der Waals surface area (Å²) in [6.07, 6.45) is 7.23. The lowest BCUT2D eigenvalue weighted by Crippen LogP contribution is -2.43. The molecule has 0 bridgehead atoms. The van der Waals surface area contributed by atoms with Gasteiger partial charge in [-0.3, -0.25) is 14.5 Å². The first-order chi connectivity index (χ1) is 25.9. The van der Waals surface area contributed by atoms with E-state index in [4.69, 9.17) is 14.2 Å². The molecule has 3 aliphatic heterocycles. The molecule has 2 unspecified atom stereocenters. The fourth-order valence-electron chi connectivity index (χ4n) is 10.1. The lowest BCUT2D eigenvalue weighted by molar-refractivity contribution is -0.137. The Morgan fingerprint density at radius 1 is 0.963 bits per heavy atom. The summed E-state index contributed by atoms with van der Waals surface area (Å²) >= 11 is 0. The van der Waals surface area contributed by atoms with E-state index in [-0.39, 0.29) is 22.3 Å². The molecule has 4 heterocycles. The smallest absolute Gasteiger partial charge is 0.303 e. The SMILES string of the molecule is CCOCCN1CC23COCC2(C1)CN(C(=O)C1(Cn2c(-c4ccc(OC)cc4)c(C4CCCCC4)c4ccc(C(=O)NS(=O)(=O)N(C)C)cc42)CC1)C3. The highest BCUT2D eigenvalue weighted by molar-refractivity contribution is 7.87. The van der Waals surface area contributed by atoms with Crippen molar-refractivity contribution in [2.24, 2.45) is 16.2 Å². The highest BCUT2D eigenvalue weighted by atomic mass is 32.2. The molecule has 12 nitrogen and oxygen atoms in total. The fraction of sp³-hybridized carbons (Fsp3) is 0.610. The number of amides is 2. The normalized spacial score (nSPS) is 25.3. The minimum absolute atomic E-state index is 0.0668. The quantitative estimate of drug-likeness (QED) is 0.245. The summed E-state index contributed by atoms with van der Waals surface area (Å²) in [4.78, 5) is 33.1. The number of aromatic nitrogens is 1. The van der Waals surface area contributed by atoms with Gasteiger partial charge in [-0.2, -0.15) is 12.7 Å². The number of hydrogen-bond donors (Lipinski definition) is 1. The number of fused-ring (bicyclic) bond motifs is 1. The molecule has 2 aliphatic carbocycles. The zero-order chi connectivity index (χ0) is 37.9. The second-order valence-corrected chi connectivity index (χ2v) is 18.6. The van der Waals surface area contributed by atoms with E-state index in [1.54, 1.807) is 13.2 Å². The molecule has 2 amide bonds. The van der Waals surface area contributed by atoms with Gasteiger partial charge in [-0.05, 0) is 86.1 Å². The van der Waals surface area contributed by atoms with Crippen molar-refractivity contribution in [3.05, 3.63) is 53.6 Å². The van der Waals surface area contributed by atoms with Crippen LogP contribution < -0.4 is 9.46 Å². The van der Waals surface area contributed by atoms with E-state index >= 15 is 0 Å². The molecule has 5 aliphatic rings. The third kappa shape index (κ3) is 6.43. The van der Waals surface area contributed by atoms with Gasteiger partial charge in [0.1, 0.15) is 5.75 Å². The van der Waals surface area contributed by atoms with Crippen LogP contribution in [0.25, 0.3) is 22.2 Å². The first-order valence-corrected chi connectivity index (χ1v) is 21.1. The minimum Gasteiger partial charge on any atom is -0.497 e. The van der Waals surface area contributed by atoms with Crippen molar-refractivity contribution in [3.8, 4) is 17.0 Å². The van der Waals surface area contributed by atoms with Crippen LogP contribution in [0, 0.1) is 16.2 Å². The van der Waals surface area contributed by atoms with Crippen LogP contribution in [0.4, 0.5) is 0 Å². The molecule has 2 aromatic carbocycles. The molecule has 1 N–H and O–H groups in total. The van der Waals surface area contributed by atoms with E-state index in [1.165, 1.54) is 26.1 Å². The van der Waals surface area contributed by atoms with Crippen molar-refractivity contribution in [1.29, 1.82) is 0 Å². The third-order valence-electron chi connectivity index (χ3n) is 13.2. The summed E-state index contributed by atoms with van der Waals surface area (Å²) in [5, 5.41) is 1.05. The van der Waals surface area contributed by atoms with E-state index in [1.807, 2.05) is 31.2 Å². The van der Waals surface area contributed by atoms with Crippen molar-refractivity contribution >= 4 is 32.9 Å². The highest BCUT2D eigenvalue weighted by Crippen LogP contribution is 2.59. The van der Waals surface area contributed by atoms with Crippen molar-refractivity contribution in [2.75, 3.05) is 80.4 Å². The monoisotopic (exact) mass is 761 g/mol. The number of carbonyl (C=O) groups is 2. The molecular weight excluding hydrogens is 707 g/mol. The molecule has 0 spiro atoms. The van der Waals surface area contributed by atoms with Crippen molar-refractivity contribution < 1.29 is 32.2 Å². The average molecular weight is 762 g/mol. The van der Waals surface area contributed by atoms with Crippen LogP contribution in [-0.2, 0) is 31.0 Å². The van der Waals surface area contributed by atoms with Gasteiger partial charge >= 0.3 is 10.2 Å². The Morgan fingerprint density at radius 3 is 2.26 bits per heavy atom. The Labute approximate surface area is 319 Å². The number of methoxy groups -OCH3 is 1.